The molecule has 2 heterocycles. The third-order valence-corrected chi connectivity index (χ3v) is 8.26. The van der Waals surface area contributed by atoms with Crippen molar-refractivity contribution in [1.29, 1.82) is 0 Å². The van der Waals surface area contributed by atoms with Crippen LogP contribution in [0.3, 0.4) is 0 Å². The van der Waals surface area contributed by atoms with Crippen molar-refractivity contribution < 1.29 is 22.7 Å². The molecular formula is C30H27F3N6O2S. The highest BCUT2D eigenvalue weighted by atomic mass is 32.2. The number of aromatic nitrogens is 3. The van der Waals surface area contributed by atoms with Crippen LogP contribution in [-0.4, -0.2) is 44.6 Å². The van der Waals surface area contributed by atoms with Gasteiger partial charge in [0.15, 0.2) is 11.0 Å². The number of amides is 2. The lowest BCUT2D eigenvalue weighted by Crippen LogP contribution is -2.34. The van der Waals surface area contributed by atoms with E-state index in [4.69, 9.17) is 0 Å². The zero-order valence-electron chi connectivity index (χ0n) is 22.9. The number of rotatable bonds is 6. The van der Waals surface area contributed by atoms with E-state index in [9.17, 15) is 18.0 Å². The van der Waals surface area contributed by atoms with Crippen LogP contribution in [0.4, 0.5) is 23.7 Å². The molecule has 0 bridgehead atoms. The van der Waals surface area contributed by atoms with Gasteiger partial charge in [-0.15, -0.1) is 18.3 Å². The van der Waals surface area contributed by atoms with Gasteiger partial charge < -0.3 is 15.0 Å². The average Bonchev–Trinajstić information content (AvgIpc) is 3.33. The van der Waals surface area contributed by atoms with E-state index in [1.54, 1.807) is 11.8 Å². The van der Waals surface area contributed by atoms with Gasteiger partial charge in [0.1, 0.15) is 12.1 Å². The monoisotopic (exact) mass is 592 g/mol. The van der Waals surface area contributed by atoms with Crippen LogP contribution in [0.15, 0.2) is 78.0 Å². The first kappa shape index (κ1) is 27.8. The third-order valence-electron chi connectivity index (χ3n) is 7.30. The molecule has 1 aromatic heterocycles. The van der Waals surface area contributed by atoms with E-state index in [0.717, 1.165) is 53.1 Å². The van der Waals surface area contributed by atoms with Gasteiger partial charge in [-0.25, -0.2) is 14.5 Å². The minimum absolute atomic E-state index is 0.310. The number of urea groups is 1. The number of anilines is 1. The van der Waals surface area contributed by atoms with Crippen molar-refractivity contribution in [2.75, 3.05) is 17.2 Å². The molecule has 0 radical (unpaired) electrons. The second kappa shape index (κ2) is 10.8. The number of benzene rings is 3. The van der Waals surface area contributed by atoms with Crippen LogP contribution in [-0.2, 0) is 5.54 Å². The topological polar surface area (TPSA) is 84.6 Å². The Morgan fingerprint density at radius 1 is 1.02 bits per heavy atom. The van der Waals surface area contributed by atoms with Gasteiger partial charge in [-0.3, -0.25) is 0 Å². The van der Waals surface area contributed by atoms with E-state index in [2.05, 4.69) is 56.0 Å². The zero-order valence-corrected chi connectivity index (χ0v) is 23.7. The van der Waals surface area contributed by atoms with Crippen molar-refractivity contribution in [2.45, 2.75) is 38.6 Å². The van der Waals surface area contributed by atoms with E-state index < -0.39 is 11.9 Å². The van der Waals surface area contributed by atoms with Crippen molar-refractivity contribution in [1.82, 2.24) is 20.1 Å². The molecule has 6 rings (SSSR count). The molecule has 0 spiro atoms. The fraction of sp³-hybridized carbons (Fsp3) is 0.267. The summed E-state index contributed by atoms with van der Waals surface area (Å²) in [4.78, 5) is 24.0. The summed E-state index contributed by atoms with van der Waals surface area (Å²) < 4.78 is 42.7. The summed E-state index contributed by atoms with van der Waals surface area (Å²) in [6.07, 6.45) is -1.62. The number of hydrogen-bond acceptors (Lipinski definition) is 5. The lowest BCUT2D eigenvalue weighted by atomic mass is 10.0. The van der Waals surface area contributed by atoms with Crippen LogP contribution in [0.5, 0.6) is 5.75 Å². The molecule has 1 saturated carbocycles. The molecule has 1 N–H and O–H groups in total. The molecule has 1 aliphatic carbocycles. The normalized spacial score (nSPS) is 17.0. The van der Waals surface area contributed by atoms with E-state index in [1.807, 2.05) is 30.3 Å². The summed E-state index contributed by atoms with van der Waals surface area (Å²) in [6, 6.07) is 18.9. The lowest BCUT2D eigenvalue weighted by Gasteiger charge is -2.23. The molecule has 216 valence electrons. The molecule has 4 aromatic rings. The minimum atomic E-state index is -4.75. The summed E-state index contributed by atoms with van der Waals surface area (Å²) in [5, 5.41) is 8.30. The van der Waals surface area contributed by atoms with Crippen LogP contribution in [0.1, 0.15) is 29.5 Å². The molecule has 12 heteroatoms. The summed E-state index contributed by atoms with van der Waals surface area (Å²) in [5.41, 5.74) is 5.23. The molecule has 0 atom stereocenters. The number of aryl methyl sites for hydroxylation is 2. The van der Waals surface area contributed by atoms with Crippen molar-refractivity contribution >= 4 is 28.6 Å². The molecule has 2 fully saturated rings. The number of carbonyl (C=O) groups excluding carboxylic acids is 1. The van der Waals surface area contributed by atoms with E-state index in [-0.39, 0.29) is 11.8 Å². The van der Waals surface area contributed by atoms with E-state index >= 15 is 0 Å². The predicted molar refractivity (Wildman–Crippen MR) is 156 cm³/mol. The number of aliphatic imine (C=N–C) groups is 1. The molecule has 42 heavy (non-hydrogen) atoms. The largest absolute Gasteiger partial charge is 0.573 e. The van der Waals surface area contributed by atoms with Crippen LogP contribution >= 0.6 is 11.8 Å². The fourth-order valence-corrected chi connectivity index (χ4v) is 6.06. The van der Waals surface area contributed by atoms with Crippen molar-refractivity contribution in [3.8, 4) is 22.8 Å². The quantitative estimate of drug-likeness (QED) is 0.266. The first-order chi connectivity index (χ1) is 20.1. The molecule has 2 amide bonds. The Hall–Kier alpha value is -4.32. The number of amidine groups is 1. The highest BCUT2D eigenvalue weighted by Gasteiger charge is 2.46. The number of nitrogens with one attached hydrogen (secondary N) is 1. The smallest absolute Gasteiger partial charge is 0.406 e. The van der Waals surface area contributed by atoms with Gasteiger partial charge in [-0.1, -0.05) is 54.2 Å². The molecule has 1 saturated heterocycles. The number of halogens is 3. The highest BCUT2D eigenvalue weighted by Crippen LogP contribution is 2.46. The Morgan fingerprint density at radius 2 is 1.71 bits per heavy atom. The van der Waals surface area contributed by atoms with E-state index in [0.29, 0.717) is 16.7 Å². The van der Waals surface area contributed by atoms with Gasteiger partial charge in [-0.05, 0) is 67.6 Å². The van der Waals surface area contributed by atoms with Gasteiger partial charge >= 0.3 is 12.4 Å². The lowest BCUT2D eigenvalue weighted by molar-refractivity contribution is -0.274. The summed E-state index contributed by atoms with van der Waals surface area (Å²) in [5.74, 6) is 1.02. The molecule has 8 nitrogen and oxygen atoms in total. The summed E-state index contributed by atoms with van der Waals surface area (Å²) in [6.45, 7) is 4.94. The Balaban J connectivity index is 1.13. The van der Waals surface area contributed by atoms with Crippen LogP contribution < -0.4 is 15.0 Å². The summed E-state index contributed by atoms with van der Waals surface area (Å²) in [7, 11) is 0. The van der Waals surface area contributed by atoms with E-state index in [1.165, 1.54) is 35.3 Å². The Kier molecular flexibility index (Phi) is 7.17. The van der Waals surface area contributed by atoms with Crippen LogP contribution in [0, 0.1) is 13.8 Å². The number of carbonyl (C=O) groups is 1. The first-order valence-electron chi connectivity index (χ1n) is 13.4. The summed E-state index contributed by atoms with van der Waals surface area (Å²) >= 11 is 1.58. The van der Waals surface area contributed by atoms with Crippen molar-refractivity contribution in [2.24, 2.45) is 4.99 Å². The van der Waals surface area contributed by atoms with Gasteiger partial charge in [0, 0.05) is 23.5 Å². The first-order valence-corrected chi connectivity index (χ1v) is 14.3. The number of alkyl halides is 3. The maximum atomic E-state index is 13.1. The number of hydrogen-bond donors (Lipinski definition) is 1. The fourth-order valence-electron chi connectivity index (χ4n) is 5.12. The Bertz CT molecular complexity index is 1630. The SMILES string of the molecule is Cc1cccc(C)c1N1CCSC1=NC(=O)NC1(c2ccc(-c3ncn(-c4ccc(OC(F)(F)F)cc4)n3)cc2)CC1. The predicted octanol–water partition coefficient (Wildman–Crippen LogP) is 6.76. The number of nitrogens with zero attached hydrogens (tertiary/aromatic N) is 5. The third kappa shape index (κ3) is 5.85. The van der Waals surface area contributed by atoms with Gasteiger partial charge in [0.2, 0.25) is 0 Å². The number of thioether (sulfide) groups is 1. The minimum Gasteiger partial charge on any atom is -0.406 e. The molecule has 2 aliphatic rings. The van der Waals surface area contributed by atoms with Gasteiger partial charge in [0.25, 0.3) is 0 Å². The maximum absolute atomic E-state index is 13.1. The second-order valence-corrected chi connectivity index (χ2v) is 11.3. The molecular weight excluding hydrogens is 565 g/mol. The standard InChI is InChI=1S/C30H27F3N6O2S/c1-19-4-3-5-20(2)25(19)38-16-17-42-28(38)35-27(40)36-29(14-15-29)22-8-6-21(7-9-22)26-34-18-39(37-26)23-10-12-24(13-11-23)41-30(31,32)33/h3-13,18H,14-17H2,1-2H3,(H,36,40). The van der Waals surface area contributed by atoms with Gasteiger partial charge in [0.05, 0.1) is 11.2 Å². The highest BCUT2D eigenvalue weighted by molar-refractivity contribution is 8.14. The second-order valence-electron chi connectivity index (χ2n) is 10.3. The molecule has 0 unspecified atom stereocenters. The van der Waals surface area contributed by atoms with Crippen molar-refractivity contribution in [3.63, 3.8) is 0 Å². The van der Waals surface area contributed by atoms with Crippen LogP contribution in [0.2, 0.25) is 0 Å². The van der Waals surface area contributed by atoms with Gasteiger partial charge in [-0.2, -0.15) is 4.99 Å². The number of ether oxygens (including phenoxy) is 1. The van der Waals surface area contributed by atoms with Crippen LogP contribution in [0.25, 0.3) is 17.1 Å². The Morgan fingerprint density at radius 3 is 2.36 bits per heavy atom. The Labute approximate surface area is 244 Å². The number of para-hydroxylation sites is 1. The molecule has 3 aromatic carbocycles. The average molecular weight is 593 g/mol. The molecule has 1 aliphatic heterocycles. The maximum Gasteiger partial charge on any atom is 0.573 e. The van der Waals surface area contributed by atoms with Crippen molar-refractivity contribution in [3.05, 3.63) is 89.7 Å². The zero-order chi connectivity index (χ0) is 29.5.